The van der Waals surface area contributed by atoms with Crippen LogP contribution in [0.4, 0.5) is 0 Å². The molecule has 2 saturated heterocycles. The molecule has 0 saturated carbocycles. The van der Waals surface area contributed by atoms with E-state index in [9.17, 15) is 5.11 Å². The number of aliphatic hydroxyl groups excluding tert-OH is 1. The number of aliphatic hydroxyl groups is 1. The molecule has 0 aromatic carbocycles. The van der Waals surface area contributed by atoms with Gasteiger partial charge in [0.05, 0.1) is 6.10 Å². The summed E-state index contributed by atoms with van der Waals surface area (Å²) >= 11 is 0. The lowest BCUT2D eigenvalue weighted by Crippen LogP contribution is -2.28. The monoisotopic (exact) mass is 127 g/mol. The quantitative estimate of drug-likeness (QED) is 0.503. The molecule has 0 aromatic heterocycles. The number of hydrogen-bond donors (Lipinski definition) is 1. The van der Waals surface area contributed by atoms with Gasteiger partial charge in [0.2, 0.25) is 0 Å². The van der Waals surface area contributed by atoms with Crippen LogP contribution < -0.4 is 0 Å². The molecule has 2 heterocycles. The van der Waals surface area contributed by atoms with Crippen LogP contribution >= 0.6 is 0 Å². The topological polar surface area (TPSA) is 23.5 Å². The zero-order chi connectivity index (χ0) is 6.43. The van der Waals surface area contributed by atoms with Gasteiger partial charge >= 0.3 is 0 Å². The fourth-order valence-electron chi connectivity index (χ4n) is 2.22. The molecule has 2 rings (SSSR count). The highest BCUT2D eigenvalue weighted by molar-refractivity contribution is 4.98. The Labute approximate surface area is 55.5 Å². The number of hydrogen-bond acceptors (Lipinski definition) is 2. The fraction of sp³-hybridized carbons (Fsp3) is 1.00. The van der Waals surface area contributed by atoms with Gasteiger partial charge < -0.3 is 5.11 Å². The van der Waals surface area contributed by atoms with Gasteiger partial charge in [-0.15, -0.1) is 0 Å². The Morgan fingerprint density at radius 2 is 2.22 bits per heavy atom. The summed E-state index contributed by atoms with van der Waals surface area (Å²) in [5, 5.41) is 9.35. The number of fused-ring (bicyclic) bond motifs is 2. The maximum atomic E-state index is 9.35. The van der Waals surface area contributed by atoms with Gasteiger partial charge in [-0.25, -0.2) is 0 Å². The van der Waals surface area contributed by atoms with Gasteiger partial charge in [0.25, 0.3) is 0 Å². The number of nitrogens with zero attached hydrogens (tertiary/aromatic N) is 1. The normalized spacial score (nSPS) is 50.7. The molecule has 9 heavy (non-hydrogen) atoms. The molecule has 2 fully saturated rings. The minimum atomic E-state index is -0.0197. The standard InChI is InChI=1S/C7H13NO/c1-8-5-2-3-6(8)7(9)4-5/h5-7,9H,2-4H2,1H3/t5?,6?,7-/m1/s1. The zero-order valence-corrected chi connectivity index (χ0v) is 5.75. The van der Waals surface area contributed by atoms with E-state index in [1.165, 1.54) is 12.8 Å². The first-order valence-electron chi connectivity index (χ1n) is 3.69. The SMILES string of the molecule is CN1C2CCC1[C@H](O)C2. The summed E-state index contributed by atoms with van der Waals surface area (Å²) in [5.74, 6) is 0. The minimum Gasteiger partial charge on any atom is -0.391 e. The van der Waals surface area contributed by atoms with Crippen LogP contribution in [0.2, 0.25) is 0 Å². The Morgan fingerprint density at radius 1 is 1.44 bits per heavy atom. The van der Waals surface area contributed by atoms with Crippen molar-refractivity contribution in [3.63, 3.8) is 0 Å². The molecular formula is C7H13NO. The van der Waals surface area contributed by atoms with Crippen LogP contribution in [0, 0.1) is 0 Å². The molecule has 52 valence electrons. The van der Waals surface area contributed by atoms with Gasteiger partial charge in [-0.3, -0.25) is 4.90 Å². The third kappa shape index (κ3) is 0.634. The summed E-state index contributed by atoms with van der Waals surface area (Å²) in [6.45, 7) is 0. The smallest absolute Gasteiger partial charge is 0.0710 e. The van der Waals surface area contributed by atoms with Crippen molar-refractivity contribution >= 4 is 0 Å². The highest BCUT2D eigenvalue weighted by Gasteiger charge is 2.42. The van der Waals surface area contributed by atoms with Crippen LogP contribution in [0.15, 0.2) is 0 Å². The first kappa shape index (κ1) is 5.69. The van der Waals surface area contributed by atoms with Crippen molar-refractivity contribution in [2.45, 2.75) is 37.5 Å². The molecular weight excluding hydrogens is 114 g/mol. The van der Waals surface area contributed by atoms with Crippen LogP contribution in [0.5, 0.6) is 0 Å². The van der Waals surface area contributed by atoms with Crippen molar-refractivity contribution in [1.82, 2.24) is 4.90 Å². The fourth-order valence-corrected chi connectivity index (χ4v) is 2.22. The van der Waals surface area contributed by atoms with Gasteiger partial charge in [-0.05, 0) is 26.3 Å². The molecule has 1 N–H and O–H groups in total. The van der Waals surface area contributed by atoms with Crippen LogP contribution in [0.1, 0.15) is 19.3 Å². The van der Waals surface area contributed by atoms with E-state index in [-0.39, 0.29) is 6.10 Å². The lowest BCUT2D eigenvalue weighted by atomic mass is 9.98. The van der Waals surface area contributed by atoms with Crippen LogP contribution in [-0.2, 0) is 0 Å². The second-order valence-electron chi connectivity index (χ2n) is 3.27. The minimum absolute atomic E-state index is 0.0197. The molecule has 0 amide bonds. The van der Waals surface area contributed by atoms with E-state index in [4.69, 9.17) is 0 Å². The van der Waals surface area contributed by atoms with Gasteiger partial charge in [0.1, 0.15) is 0 Å². The summed E-state index contributed by atoms with van der Waals surface area (Å²) in [7, 11) is 2.12. The maximum Gasteiger partial charge on any atom is 0.0710 e. The largest absolute Gasteiger partial charge is 0.391 e. The van der Waals surface area contributed by atoms with Crippen molar-refractivity contribution in [2.24, 2.45) is 0 Å². The van der Waals surface area contributed by atoms with Gasteiger partial charge in [-0.1, -0.05) is 0 Å². The first-order chi connectivity index (χ1) is 4.29. The van der Waals surface area contributed by atoms with E-state index in [0.29, 0.717) is 12.1 Å². The third-order valence-electron chi connectivity index (χ3n) is 2.85. The average molecular weight is 127 g/mol. The second-order valence-corrected chi connectivity index (χ2v) is 3.27. The van der Waals surface area contributed by atoms with E-state index in [2.05, 4.69) is 11.9 Å². The second kappa shape index (κ2) is 1.70. The Kier molecular flexibility index (Phi) is 1.08. The van der Waals surface area contributed by atoms with Crippen molar-refractivity contribution < 1.29 is 5.11 Å². The highest BCUT2D eigenvalue weighted by Crippen LogP contribution is 2.35. The van der Waals surface area contributed by atoms with E-state index in [0.717, 1.165) is 6.42 Å². The maximum absolute atomic E-state index is 9.35. The molecule has 2 unspecified atom stereocenters. The van der Waals surface area contributed by atoms with Crippen LogP contribution in [0.25, 0.3) is 0 Å². The van der Waals surface area contributed by atoms with Crippen molar-refractivity contribution in [2.75, 3.05) is 7.05 Å². The number of likely N-dealkylation sites (N-methyl/N-ethyl adjacent to an activating group) is 1. The molecule has 2 heteroatoms. The summed E-state index contributed by atoms with van der Waals surface area (Å²) in [5.41, 5.74) is 0. The van der Waals surface area contributed by atoms with E-state index < -0.39 is 0 Å². The average Bonchev–Trinajstić information content (AvgIpc) is 2.25. The predicted octanol–water partition coefficient (Wildman–Crippen LogP) is 0.214. The van der Waals surface area contributed by atoms with E-state index >= 15 is 0 Å². The zero-order valence-electron chi connectivity index (χ0n) is 5.75. The molecule has 2 aliphatic rings. The third-order valence-corrected chi connectivity index (χ3v) is 2.85. The predicted molar refractivity (Wildman–Crippen MR) is 35.2 cm³/mol. The number of rotatable bonds is 0. The lowest BCUT2D eigenvalue weighted by Gasteiger charge is -2.15. The summed E-state index contributed by atoms with van der Waals surface area (Å²) in [4.78, 5) is 2.32. The molecule has 0 radical (unpaired) electrons. The Hall–Kier alpha value is -0.0800. The van der Waals surface area contributed by atoms with Crippen molar-refractivity contribution in [1.29, 1.82) is 0 Å². The van der Waals surface area contributed by atoms with Crippen LogP contribution in [-0.4, -0.2) is 35.2 Å². The van der Waals surface area contributed by atoms with Crippen molar-refractivity contribution in [3.05, 3.63) is 0 Å². The molecule has 0 spiro atoms. The summed E-state index contributed by atoms with van der Waals surface area (Å²) in [6.07, 6.45) is 3.51. The Bertz CT molecular complexity index is 126. The van der Waals surface area contributed by atoms with Crippen LogP contribution in [0.3, 0.4) is 0 Å². The summed E-state index contributed by atoms with van der Waals surface area (Å²) in [6, 6.07) is 1.19. The Morgan fingerprint density at radius 3 is 2.44 bits per heavy atom. The van der Waals surface area contributed by atoms with Gasteiger partial charge in [0, 0.05) is 12.1 Å². The molecule has 2 nitrogen and oxygen atoms in total. The lowest BCUT2D eigenvalue weighted by molar-refractivity contribution is 0.128. The summed E-state index contributed by atoms with van der Waals surface area (Å²) < 4.78 is 0. The molecule has 2 bridgehead atoms. The molecule has 2 aliphatic heterocycles. The van der Waals surface area contributed by atoms with Gasteiger partial charge in [0.15, 0.2) is 0 Å². The highest BCUT2D eigenvalue weighted by atomic mass is 16.3. The van der Waals surface area contributed by atoms with E-state index in [1.54, 1.807) is 0 Å². The Balaban J connectivity index is 2.16. The first-order valence-corrected chi connectivity index (χ1v) is 3.69. The molecule has 3 atom stereocenters. The molecule has 0 aliphatic carbocycles. The van der Waals surface area contributed by atoms with Crippen molar-refractivity contribution in [3.8, 4) is 0 Å². The molecule has 0 aromatic rings. The van der Waals surface area contributed by atoms with Gasteiger partial charge in [-0.2, -0.15) is 0 Å². The van der Waals surface area contributed by atoms with E-state index in [1.807, 2.05) is 0 Å².